The van der Waals surface area contributed by atoms with E-state index >= 15 is 0 Å². The lowest BCUT2D eigenvalue weighted by Gasteiger charge is -2.17. The maximum absolute atomic E-state index is 12.5. The summed E-state index contributed by atoms with van der Waals surface area (Å²) in [6.45, 7) is 3.58. The van der Waals surface area contributed by atoms with E-state index in [2.05, 4.69) is 5.43 Å². The highest BCUT2D eigenvalue weighted by atomic mass is 35.5. The first-order valence-corrected chi connectivity index (χ1v) is 12.6. The van der Waals surface area contributed by atoms with Gasteiger partial charge in [0.1, 0.15) is 4.83 Å². The van der Waals surface area contributed by atoms with Gasteiger partial charge in [0.25, 0.3) is 11.8 Å². The van der Waals surface area contributed by atoms with Gasteiger partial charge in [-0.3, -0.25) is 19.8 Å². The summed E-state index contributed by atoms with van der Waals surface area (Å²) in [6, 6.07) is 11.8. The zero-order chi connectivity index (χ0) is 24.7. The quantitative estimate of drug-likeness (QED) is 0.323. The van der Waals surface area contributed by atoms with E-state index in [1.807, 2.05) is 48.7 Å². The lowest BCUT2D eigenvalue weighted by Crippen LogP contribution is -2.36. The summed E-state index contributed by atoms with van der Waals surface area (Å²) in [6.07, 6.45) is 2.20. The Bertz CT molecular complexity index is 1510. The summed E-state index contributed by atoms with van der Waals surface area (Å²) in [4.78, 5) is 48.1. The number of carbonyl (C=O) groups excluding carboxylic acids is 3. The first-order valence-electron chi connectivity index (χ1n) is 10.9. The van der Waals surface area contributed by atoms with Crippen molar-refractivity contribution in [3.8, 4) is 21.1 Å². The van der Waals surface area contributed by atoms with E-state index < -0.39 is 11.8 Å². The zero-order valence-electron chi connectivity index (χ0n) is 19.4. The number of nitrogens with one attached hydrogen (secondary N) is 1. The van der Waals surface area contributed by atoms with Crippen molar-refractivity contribution in [2.45, 2.75) is 26.7 Å². The molecule has 4 aromatic rings. The molecule has 0 saturated carbocycles. The molecule has 0 fully saturated rings. The number of hydrogen-bond acceptors (Lipinski definition) is 8. The summed E-state index contributed by atoms with van der Waals surface area (Å²) >= 11 is 3.04. The third-order valence-corrected chi connectivity index (χ3v) is 7.83. The van der Waals surface area contributed by atoms with Crippen LogP contribution in [0.3, 0.4) is 0 Å². The van der Waals surface area contributed by atoms with Crippen LogP contribution in [0.5, 0.6) is 0 Å². The highest BCUT2D eigenvalue weighted by Crippen LogP contribution is 2.41. The number of benzene rings is 1. The monoisotopic (exact) mass is 539 g/mol. The van der Waals surface area contributed by atoms with Crippen molar-refractivity contribution in [3.63, 3.8) is 0 Å². The van der Waals surface area contributed by atoms with Gasteiger partial charge in [-0.05, 0) is 48.4 Å². The van der Waals surface area contributed by atoms with E-state index in [-0.39, 0.29) is 18.3 Å². The highest BCUT2D eigenvalue weighted by Gasteiger charge is 2.30. The number of imide groups is 1. The Balaban J connectivity index is 0.00000304. The van der Waals surface area contributed by atoms with Crippen molar-refractivity contribution in [3.05, 3.63) is 64.6 Å². The molecule has 36 heavy (non-hydrogen) atoms. The molecule has 3 N–H and O–H groups in total. The third-order valence-electron chi connectivity index (χ3n) is 5.73. The maximum Gasteiger partial charge on any atom is 0.275 e. The second-order valence-corrected chi connectivity index (χ2v) is 10.1. The minimum absolute atomic E-state index is 0. The number of carbonyl (C=O) groups is 3. The maximum atomic E-state index is 12.5. The van der Waals surface area contributed by atoms with Crippen molar-refractivity contribution in [2.24, 2.45) is 5.73 Å². The predicted molar refractivity (Wildman–Crippen MR) is 145 cm³/mol. The van der Waals surface area contributed by atoms with Crippen LogP contribution in [0.25, 0.3) is 31.4 Å². The molecule has 0 spiro atoms. The lowest BCUT2D eigenvalue weighted by atomic mass is 10.0. The van der Waals surface area contributed by atoms with Crippen LogP contribution in [0, 0.1) is 6.92 Å². The molecule has 11 heteroatoms. The standard InChI is InChI=1S/C25H21N5O3S2.ClH/c1-13-12-19(32)30(25(13)33)29-23-20-14(2)21(16-8-5-15(6-9-16)7-10-18(26)31)35-24(20)28-22(27-23)17-4-3-11-34-17;/h3-6,8-9,11-12H,7,10H2,1-2H3,(H2,26,31)(H,27,28,29);1H. The Morgan fingerprint density at radius 2 is 1.86 bits per heavy atom. The molecule has 1 aliphatic rings. The number of aromatic nitrogens is 2. The summed E-state index contributed by atoms with van der Waals surface area (Å²) < 4.78 is 0. The van der Waals surface area contributed by atoms with Gasteiger partial charge in [0.15, 0.2) is 11.6 Å². The SMILES string of the molecule is CC1=CC(=O)N(Nc2nc(-c3cccs3)nc3sc(-c4ccc(CCC(N)=O)cc4)c(C)c23)C1=O.Cl. The fourth-order valence-electron chi connectivity index (χ4n) is 3.90. The Hall–Kier alpha value is -3.60. The minimum Gasteiger partial charge on any atom is -0.370 e. The van der Waals surface area contributed by atoms with Gasteiger partial charge in [-0.1, -0.05) is 30.3 Å². The molecule has 1 aromatic carbocycles. The van der Waals surface area contributed by atoms with Crippen LogP contribution >= 0.6 is 35.1 Å². The van der Waals surface area contributed by atoms with E-state index in [0.717, 1.165) is 41.7 Å². The Labute approximate surface area is 221 Å². The molecule has 5 rings (SSSR count). The third kappa shape index (κ3) is 4.75. The number of nitrogens with zero attached hydrogens (tertiary/aromatic N) is 3. The van der Waals surface area contributed by atoms with Crippen molar-refractivity contribution in [2.75, 3.05) is 5.43 Å². The molecule has 184 valence electrons. The van der Waals surface area contributed by atoms with Gasteiger partial charge in [-0.25, -0.2) is 9.97 Å². The number of nitrogens with two attached hydrogens (primary N) is 1. The lowest BCUT2D eigenvalue weighted by molar-refractivity contribution is -0.135. The van der Waals surface area contributed by atoms with Crippen LogP contribution in [0.2, 0.25) is 0 Å². The number of hydrogen-bond donors (Lipinski definition) is 2. The van der Waals surface area contributed by atoms with Gasteiger partial charge in [0, 0.05) is 22.9 Å². The molecular formula is C25H22ClN5O3S2. The first kappa shape index (κ1) is 25.5. The number of fused-ring (bicyclic) bond motifs is 1. The summed E-state index contributed by atoms with van der Waals surface area (Å²) in [7, 11) is 0. The smallest absolute Gasteiger partial charge is 0.275 e. The Morgan fingerprint density at radius 1 is 1.11 bits per heavy atom. The summed E-state index contributed by atoms with van der Waals surface area (Å²) in [5, 5.41) is 3.69. The van der Waals surface area contributed by atoms with E-state index in [9.17, 15) is 14.4 Å². The van der Waals surface area contributed by atoms with Gasteiger partial charge >= 0.3 is 0 Å². The number of halogens is 1. The fourth-order valence-corrected chi connectivity index (χ4v) is 5.75. The minimum atomic E-state index is -0.434. The topological polar surface area (TPSA) is 118 Å². The second-order valence-electron chi connectivity index (χ2n) is 8.19. The van der Waals surface area contributed by atoms with Crippen LogP contribution in [0.4, 0.5) is 5.82 Å². The van der Waals surface area contributed by atoms with Crippen molar-refractivity contribution < 1.29 is 14.4 Å². The molecule has 3 amide bonds. The number of rotatable bonds is 7. The molecule has 0 atom stereocenters. The van der Waals surface area contributed by atoms with Crippen molar-refractivity contribution >= 4 is 68.8 Å². The van der Waals surface area contributed by atoms with Gasteiger partial charge in [0.2, 0.25) is 5.91 Å². The largest absolute Gasteiger partial charge is 0.370 e. The Morgan fingerprint density at radius 3 is 2.47 bits per heavy atom. The number of thiophene rings is 2. The molecule has 0 saturated heterocycles. The molecule has 1 aliphatic heterocycles. The summed E-state index contributed by atoms with van der Waals surface area (Å²) in [5.41, 5.74) is 11.6. The van der Waals surface area contributed by atoms with E-state index in [0.29, 0.717) is 30.1 Å². The van der Waals surface area contributed by atoms with Crippen molar-refractivity contribution in [1.29, 1.82) is 0 Å². The molecule has 0 aliphatic carbocycles. The number of aryl methyl sites for hydroxylation is 2. The Kier molecular flexibility index (Phi) is 7.21. The number of primary amides is 1. The van der Waals surface area contributed by atoms with Crippen LogP contribution < -0.4 is 11.2 Å². The van der Waals surface area contributed by atoms with Crippen molar-refractivity contribution in [1.82, 2.24) is 15.0 Å². The predicted octanol–water partition coefficient (Wildman–Crippen LogP) is 4.88. The van der Waals surface area contributed by atoms with E-state index in [4.69, 9.17) is 15.7 Å². The average molecular weight is 540 g/mol. The first-order chi connectivity index (χ1) is 16.8. The van der Waals surface area contributed by atoms with Crippen LogP contribution in [0.1, 0.15) is 24.5 Å². The molecule has 4 heterocycles. The van der Waals surface area contributed by atoms with E-state index in [1.54, 1.807) is 6.92 Å². The fraction of sp³-hybridized carbons (Fsp3) is 0.160. The second kappa shape index (κ2) is 10.2. The molecule has 8 nitrogen and oxygen atoms in total. The number of hydrazine groups is 1. The highest BCUT2D eigenvalue weighted by molar-refractivity contribution is 7.22. The molecule has 0 radical (unpaired) electrons. The van der Waals surface area contributed by atoms with Crippen LogP contribution in [-0.2, 0) is 20.8 Å². The average Bonchev–Trinajstić information content (AvgIpc) is 3.54. The van der Waals surface area contributed by atoms with Gasteiger partial charge in [-0.2, -0.15) is 5.01 Å². The van der Waals surface area contributed by atoms with Gasteiger partial charge in [0.05, 0.1) is 10.3 Å². The van der Waals surface area contributed by atoms with Crippen LogP contribution in [-0.4, -0.2) is 32.7 Å². The zero-order valence-corrected chi connectivity index (χ0v) is 21.9. The number of anilines is 1. The van der Waals surface area contributed by atoms with Gasteiger partial charge < -0.3 is 5.73 Å². The molecule has 0 bridgehead atoms. The summed E-state index contributed by atoms with van der Waals surface area (Å²) in [5.74, 6) is -0.236. The van der Waals surface area contributed by atoms with Crippen LogP contribution in [0.15, 0.2) is 53.4 Å². The normalized spacial score (nSPS) is 13.2. The number of amides is 3. The molecule has 3 aromatic heterocycles. The molecular weight excluding hydrogens is 518 g/mol. The molecule has 0 unspecified atom stereocenters. The van der Waals surface area contributed by atoms with E-state index in [1.165, 1.54) is 28.7 Å². The van der Waals surface area contributed by atoms with Gasteiger partial charge in [-0.15, -0.1) is 35.1 Å².